The Morgan fingerprint density at radius 2 is 2.06 bits per heavy atom. The van der Waals surface area contributed by atoms with Gasteiger partial charge in [-0.15, -0.1) is 0 Å². The van der Waals surface area contributed by atoms with Crippen molar-refractivity contribution in [2.45, 2.75) is 6.04 Å². The lowest BCUT2D eigenvalue weighted by atomic mass is 10.0. The first kappa shape index (κ1) is 11.9. The van der Waals surface area contributed by atoms with Crippen LogP contribution in [-0.2, 0) is 0 Å². The quantitative estimate of drug-likeness (QED) is 0.794. The van der Waals surface area contributed by atoms with Gasteiger partial charge in [0.15, 0.2) is 0 Å². The van der Waals surface area contributed by atoms with Crippen molar-refractivity contribution in [2.75, 3.05) is 33.7 Å². The van der Waals surface area contributed by atoms with E-state index >= 15 is 0 Å². The summed E-state index contributed by atoms with van der Waals surface area (Å²) in [5.41, 5.74) is 1.24. The van der Waals surface area contributed by atoms with Gasteiger partial charge in [-0.3, -0.25) is 0 Å². The average Bonchev–Trinajstić information content (AvgIpc) is 2.39. The van der Waals surface area contributed by atoms with E-state index in [2.05, 4.69) is 17.4 Å². The van der Waals surface area contributed by atoms with Gasteiger partial charge in [0.05, 0.1) is 6.04 Å². The Bertz CT molecular complexity index is 378. The molecule has 0 bridgehead atoms. The van der Waals surface area contributed by atoms with Crippen LogP contribution >= 0.6 is 0 Å². The van der Waals surface area contributed by atoms with E-state index in [1.807, 2.05) is 23.1 Å². The van der Waals surface area contributed by atoms with Crippen LogP contribution in [0.1, 0.15) is 11.6 Å². The number of nitrogens with one attached hydrogen (secondary N) is 1. The van der Waals surface area contributed by atoms with Gasteiger partial charge < -0.3 is 15.1 Å². The molecule has 1 aliphatic heterocycles. The summed E-state index contributed by atoms with van der Waals surface area (Å²) in [6.45, 7) is 2.36. The van der Waals surface area contributed by atoms with Gasteiger partial charge in [-0.25, -0.2) is 4.79 Å². The highest BCUT2D eigenvalue weighted by Crippen LogP contribution is 2.17. The first-order valence-corrected chi connectivity index (χ1v) is 5.93. The summed E-state index contributed by atoms with van der Waals surface area (Å²) in [4.78, 5) is 15.4. The van der Waals surface area contributed by atoms with Crippen LogP contribution in [0, 0.1) is 0 Å². The zero-order valence-corrected chi connectivity index (χ0v) is 10.4. The van der Waals surface area contributed by atoms with Crippen molar-refractivity contribution in [3.05, 3.63) is 35.9 Å². The van der Waals surface area contributed by atoms with E-state index < -0.39 is 0 Å². The molecule has 1 fully saturated rings. The second-order valence-electron chi connectivity index (χ2n) is 4.54. The van der Waals surface area contributed by atoms with Crippen molar-refractivity contribution in [3.8, 4) is 0 Å². The molecule has 0 saturated carbocycles. The van der Waals surface area contributed by atoms with Gasteiger partial charge in [-0.05, 0) is 5.56 Å². The molecule has 1 aliphatic rings. The molecule has 1 unspecified atom stereocenters. The molecular weight excluding hydrogens is 214 g/mol. The summed E-state index contributed by atoms with van der Waals surface area (Å²) in [5, 5.41) is 3.45. The van der Waals surface area contributed by atoms with Crippen LogP contribution in [-0.4, -0.2) is 49.6 Å². The molecule has 4 nitrogen and oxygen atoms in total. The Hall–Kier alpha value is -1.55. The van der Waals surface area contributed by atoms with E-state index in [4.69, 9.17) is 0 Å². The van der Waals surface area contributed by atoms with Crippen LogP contribution in [0.4, 0.5) is 4.79 Å². The van der Waals surface area contributed by atoms with Crippen molar-refractivity contribution < 1.29 is 4.79 Å². The number of carbonyl (C=O) groups is 1. The lowest BCUT2D eigenvalue weighted by Crippen LogP contribution is -2.51. The van der Waals surface area contributed by atoms with Gasteiger partial charge in [-0.1, -0.05) is 30.3 Å². The fourth-order valence-corrected chi connectivity index (χ4v) is 2.12. The zero-order valence-electron chi connectivity index (χ0n) is 10.4. The van der Waals surface area contributed by atoms with Gasteiger partial charge in [0.1, 0.15) is 0 Å². The average molecular weight is 233 g/mol. The van der Waals surface area contributed by atoms with Crippen LogP contribution in [0.5, 0.6) is 0 Å². The molecule has 4 heteroatoms. The maximum Gasteiger partial charge on any atom is 0.319 e. The number of hydrogen-bond donors (Lipinski definition) is 1. The minimum Gasteiger partial charge on any atom is -0.331 e. The normalized spacial score (nSPS) is 20.1. The minimum atomic E-state index is 0.0902. The molecule has 92 valence electrons. The lowest BCUT2D eigenvalue weighted by molar-refractivity contribution is 0.153. The number of hydrogen-bond acceptors (Lipinski definition) is 2. The highest BCUT2D eigenvalue weighted by Gasteiger charge is 2.24. The highest BCUT2D eigenvalue weighted by atomic mass is 16.2. The molecule has 2 amide bonds. The standard InChI is InChI=1S/C13H19N3O/c1-15(2)13(17)16-9-8-14-12(10-16)11-6-4-3-5-7-11/h3-7,12,14H,8-10H2,1-2H3. The molecule has 1 atom stereocenters. The Morgan fingerprint density at radius 3 is 2.71 bits per heavy atom. The second kappa shape index (κ2) is 5.19. The first-order chi connectivity index (χ1) is 8.18. The molecule has 0 aromatic heterocycles. The number of carbonyl (C=O) groups excluding carboxylic acids is 1. The van der Waals surface area contributed by atoms with E-state index in [0.29, 0.717) is 0 Å². The molecule has 2 rings (SSSR count). The zero-order chi connectivity index (χ0) is 12.3. The summed E-state index contributed by atoms with van der Waals surface area (Å²) < 4.78 is 0. The number of rotatable bonds is 1. The van der Waals surface area contributed by atoms with E-state index in [1.54, 1.807) is 19.0 Å². The number of piperazine rings is 1. The Balaban J connectivity index is 2.05. The Labute approximate surface area is 102 Å². The van der Waals surface area contributed by atoms with Crippen LogP contribution in [0.25, 0.3) is 0 Å². The van der Waals surface area contributed by atoms with Crippen molar-refractivity contribution in [1.82, 2.24) is 15.1 Å². The second-order valence-corrected chi connectivity index (χ2v) is 4.54. The molecule has 1 heterocycles. The van der Waals surface area contributed by atoms with Crippen molar-refractivity contribution in [3.63, 3.8) is 0 Å². The van der Waals surface area contributed by atoms with Crippen LogP contribution in [0.15, 0.2) is 30.3 Å². The van der Waals surface area contributed by atoms with Gasteiger partial charge in [0, 0.05) is 33.7 Å². The van der Waals surface area contributed by atoms with E-state index in [-0.39, 0.29) is 12.1 Å². The van der Waals surface area contributed by atoms with Crippen molar-refractivity contribution in [1.29, 1.82) is 0 Å². The predicted molar refractivity (Wildman–Crippen MR) is 67.8 cm³/mol. The predicted octanol–water partition coefficient (Wildman–Crippen LogP) is 1.31. The Morgan fingerprint density at radius 1 is 1.35 bits per heavy atom. The molecular formula is C13H19N3O. The topological polar surface area (TPSA) is 35.6 Å². The highest BCUT2D eigenvalue weighted by molar-refractivity contribution is 5.74. The van der Waals surface area contributed by atoms with Gasteiger partial charge in [0.2, 0.25) is 0 Å². The maximum atomic E-state index is 11.9. The molecule has 0 spiro atoms. The third-order valence-corrected chi connectivity index (χ3v) is 3.03. The Kier molecular flexibility index (Phi) is 3.64. The van der Waals surface area contributed by atoms with Crippen molar-refractivity contribution in [2.24, 2.45) is 0 Å². The van der Waals surface area contributed by atoms with E-state index in [0.717, 1.165) is 19.6 Å². The SMILES string of the molecule is CN(C)C(=O)N1CCNC(c2ccccc2)C1. The maximum absolute atomic E-state index is 11.9. The first-order valence-electron chi connectivity index (χ1n) is 5.93. The number of urea groups is 1. The van der Waals surface area contributed by atoms with E-state index in [1.165, 1.54) is 5.56 Å². The lowest BCUT2D eigenvalue weighted by Gasteiger charge is -2.35. The van der Waals surface area contributed by atoms with Crippen LogP contribution in [0.3, 0.4) is 0 Å². The molecule has 0 aliphatic carbocycles. The molecule has 1 aromatic rings. The van der Waals surface area contributed by atoms with Crippen LogP contribution in [0.2, 0.25) is 0 Å². The van der Waals surface area contributed by atoms with Gasteiger partial charge >= 0.3 is 6.03 Å². The van der Waals surface area contributed by atoms with Crippen molar-refractivity contribution >= 4 is 6.03 Å². The number of benzene rings is 1. The summed E-state index contributed by atoms with van der Waals surface area (Å²) in [5.74, 6) is 0. The molecule has 1 N–H and O–H groups in total. The van der Waals surface area contributed by atoms with Gasteiger partial charge in [-0.2, -0.15) is 0 Å². The monoisotopic (exact) mass is 233 g/mol. The minimum absolute atomic E-state index is 0.0902. The third kappa shape index (κ3) is 2.77. The number of amides is 2. The molecule has 0 radical (unpaired) electrons. The van der Waals surface area contributed by atoms with E-state index in [9.17, 15) is 4.79 Å². The summed E-state index contributed by atoms with van der Waals surface area (Å²) >= 11 is 0. The largest absolute Gasteiger partial charge is 0.331 e. The molecule has 17 heavy (non-hydrogen) atoms. The molecule has 1 aromatic carbocycles. The number of nitrogens with zero attached hydrogens (tertiary/aromatic N) is 2. The smallest absolute Gasteiger partial charge is 0.319 e. The third-order valence-electron chi connectivity index (χ3n) is 3.03. The fourth-order valence-electron chi connectivity index (χ4n) is 2.12. The summed E-state index contributed by atoms with van der Waals surface area (Å²) in [7, 11) is 3.59. The van der Waals surface area contributed by atoms with Gasteiger partial charge in [0.25, 0.3) is 0 Å². The van der Waals surface area contributed by atoms with Crippen LogP contribution < -0.4 is 5.32 Å². The summed E-state index contributed by atoms with van der Waals surface area (Å²) in [6.07, 6.45) is 0. The fraction of sp³-hybridized carbons (Fsp3) is 0.462. The summed E-state index contributed by atoms with van der Waals surface area (Å²) in [6, 6.07) is 10.6. The molecule has 1 saturated heterocycles.